The van der Waals surface area contributed by atoms with Crippen molar-refractivity contribution in [2.24, 2.45) is 0 Å². The number of nitrogens with zero attached hydrogens (tertiary/aromatic N) is 1. The summed E-state index contributed by atoms with van der Waals surface area (Å²) in [6.45, 7) is 2.39. The van der Waals surface area contributed by atoms with E-state index in [1.807, 2.05) is 61.5 Å². The van der Waals surface area contributed by atoms with Crippen LogP contribution in [0.25, 0.3) is 0 Å². The van der Waals surface area contributed by atoms with Crippen molar-refractivity contribution in [3.8, 4) is 5.75 Å². The Bertz CT molecular complexity index is 829. The molecule has 5 heteroatoms. The summed E-state index contributed by atoms with van der Waals surface area (Å²) >= 11 is 0. The average Bonchev–Trinajstić information content (AvgIpc) is 3.31. The van der Waals surface area contributed by atoms with Crippen molar-refractivity contribution < 1.29 is 14.3 Å². The van der Waals surface area contributed by atoms with Gasteiger partial charge in [0.05, 0.1) is 7.11 Å². The quantitative estimate of drug-likeness (QED) is 0.614. The van der Waals surface area contributed by atoms with Gasteiger partial charge in [-0.25, -0.2) is 0 Å². The second kappa shape index (κ2) is 11.5. The number of aryl methyl sites for hydroxylation is 1. The van der Waals surface area contributed by atoms with Crippen LogP contribution in [0.4, 0.5) is 0 Å². The van der Waals surface area contributed by atoms with Crippen molar-refractivity contribution in [1.29, 1.82) is 0 Å². The van der Waals surface area contributed by atoms with Gasteiger partial charge in [0.15, 0.2) is 0 Å². The van der Waals surface area contributed by atoms with Crippen LogP contribution in [0.15, 0.2) is 54.6 Å². The van der Waals surface area contributed by atoms with Gasteiger partial charge in [0.1, 0.15) is 11.8 Å². The zero-order valence-electron chi connectivity index (χ0n) is 18.7. The highest BCUT2D eigenvalue weighted by atomic mass is 16.5. The van der Waals surface area contributed by atoms with Gasteiger partial charge in [0, 0.05) is 19.0 Å². The first-order valence-corrected chi connectivity index (χ1v) is 11.4. The summed E-state index contributed by atoms with van der Waals surface area (Å²) in [6, 6.07) is 17.5. The lowest BCUT2D eigenvalue weighted by atomic mass is 10.1. The Kier molecular flexibility index (Phi) is 8.51. The van der Waals surface area contributed by atoms with Gasteiger partial charge in [0.25, 0.3) is 0 Å². The van der Waals surface area contributed by atoms with Gasteiger partial charge in [-0.05, 0) is 48.9 Å². The van der Waals surface area contributed by atoms with Crippen LogP contribution < -0.4 is 10.1 Å². The van der Waals surface area contributed by atoms with Gasteiger partial charge in [0.2, 0.25) is 11.8 Å². The molecule has 1 aliphatic rings. The molecule has 2 amide bonds. The molecule has 1 aliphatic carbocycles. The largest absolute Gasteiger partial charge is 0.497 e. The Morgan fingerprint density at radius 3 is 2.32 bits per heavy atom. The molecule has 0 aliphatic heterocycles. The summed E-state index contributed by atoms with van der Waals surface area (Å²) in [7, 11) is 1.63. The fourth-order valence-corrected chi connectivity index (χ4v) is 4.25. The molecule has 1 fully saturated rings. The van der Waals surface area contributed by atoms with Gasteiger partial charge in [-0.15, -0.1) is 0 Å². The van der Waals surface area contributed by atoms with Gasteiger partial charge in [-0.1, -0.05) is 62.2 Å². The molecule has 0 spiro atoms. The SMILES string of the molecule is CC[C@H](C(=O)NC1CCCC1)N(Cc1ccc(OC)cc1)C(=O)CCc1ccccc1. The Morgan fingerprint density at radius 1 is 1.03 bits per heavy atom. The van der Waals surface area contributed by atoms with Gasteiger partial charge in [-0.3, -0.25) is 9.59 Å². The molecule has 0 radical (unpaired) electrons. The zero-order valence-corrected chi connectivity index (χ0v) is 18.7. The number of carbonyl (C=O) groups excluding carboxylic acids is 2. The first-order valence-electron chi connectivity index (χ1n) is 11.4. The number of nitrogens with one attached hydrogen (secondary N) is 1. The molecule has 0 unspecified atom stereocenters. The maximum Gasteiger partial charge on any atom is 0.243 e. The highest BCUT2D eigenvalue weighted by Gasteiger charge is 2.30. The third-order valence-corrected chi connectivity index (χ3v) is 6.07. The second-order valence-corrected chi connectivity index (χ2v) is 8.27. The lowest BCUT2D eigenvalue weighted by Crippen LogP contribution is -2.51. The molecule has 1 saturated carbocycles. The third-order valence-electron chi connectivity index (χ3n) is 6.07. The lowest BCUT2D eigenvalue weighted by Gasteiger charge is -2.31. The van der Waals surface area contributed by atoms with Crippen LogP contribution in [-0.2, 0) is 22.6 Å². The van der Waals surface area contributed by atoms with E-state index in [1.165, 1.54) is 0 Å². The minimum atomic E-state index is -0.467. The third kappa shape index (κ3) is 6.58. The molecule has 0 bridgehead atoms. The van der Waals surface area contributed by atoms with Crippen LogP contribution in [0.3, 0.4) is 0 Å². The summed E-state index contributed by atoms with van der Waals surface area (Å²) < 4.78 is 5.25. The van der Waals surface area contributed by atoms with Crippen molar-refractivity contribution >= 4 is 11.8 Å². The Balaban J connectivity index is 1.74. The Hall–Kier alpha value is -2.82. The van der Waals surface area contributed by atoms with E-state index in [0.717, 1.165) is 42.6 Å². The number of methoxy groups -OCH3 is 1. The summed E-state index contributed by atoms with van der Waals surface area (Å²) in [5.41, 5.74) is 2.12. The van der Waals surface area contributed by atoms with Crippen LogP contribution in [0.5, 0.6) is 5.75 Å². The van der Waals surface area contributed by atoms with E-state index in [1.54, 1.807) is 12.0 Å². The van der Waals surface area contributed by atoms with Crippen molar-refractivity contribution in [1.82, 2.24) is 10.2 Å². The maximum atomic E-state index is 13.3. The van der Waals surface area contributed by atoms with Gasteiger partial charge < -0.3 is 15.0 Å². The molecular formula is C26H34N2O3. The number of hydrogen-bond donors (Lipinski definition) is 1. The molecule has 0 saturated heterocycles. The lowest BCUT2D eigenvalue weighted by molar-refractivity contribution is -0.141. The minimum absolute atomic E-state index is 0.00749. The number of rotatable bonds is 10. The van der Waals surface area contributed by atoms with E-state index in [9.17, 15) is 9.59 Å². The fraction of sp³-hybridized carbons (Fsp3) is 0.462. The molecule has 1 N–H and O–H groups in total. The van der Waals surface area contributed by atoms with E-state index in [-0.39, 0.29) is 17.9 Å². The fourth-order valence-electron chi connectivity index (χ4n) is 4.25. The van der Waals surface area contributed by atoms with Crippen molar-refractivity contribution in [2.45, 2.75) is 70.5 Å². The van der Waals surface area contributed by atoms with Crippen molar-refractivity contribution in [3.63, 3.8) is 0 Å². The number of carbonyl (C=O) groups is 2. The molecule has 0 aromatic heterocycles. The van der Waals surface area contributed by atoms with Crippen molar-refractivity contribution in [2.75, 3.05) is 7.11 Å². The smallest absolute Gasteiger partial charge is 0.243 e. The second-order valence-electron chi connectivity index (χ2n) is 8.27. The van der Waals surface area contributed by atoms with Crippen LogP contribution in [-0.4, -0.2) is 35.9 Å². The summed E-state index contributed by atoms with van der Waals surface area (Å²) in [5.74, 6) is 0.751. The summed E-state index contributed by atoms with van der Waals surface area (Å²) in [5, 5.41) is 3.19. The monoisotopic (exact) mass is 422 g/mol. The normalized spacial score (nSPS) is 14.8. The minimum Gasteiger partial charge on any atom is -0.497 e. The van der Waals surface area contributed by atoms with E-state index < -0.39 is 6.04 Å². The highest BCUT2D eigenvalue weighted by Crippen LogP contribution is 2.20. The molecule has 5 nitrogen and oxygen atoms in total. The first-order chi connectivity index (χ1) is 15.1. The molecule has 2 aromatic carbocycles. The van der Waals surface area contributed by atoms with E-state index in [2.05, 4.69) is 5.32 Å². The standard InChI is InChI=1S/C26H34N2O3/c1-3-24(26(30)27-22-11-7-8-12-22)28(19-21-13-16-23(31-2)17-14-21)25(29)18-15-20-9-5-4-6-10-20/h4-6,9-10,13-14,16-17,22,24H,3,7-8,11-12,15,18-19H2,1-2H3,(H,27,30)/t24-/m1/s1. The van der Waals surface area contributed by atoms with Crippen LogP contribution >= 0.6 is 0 Å². The van der Waals surface area contributed by atoms with Gasteiger partial charge >= 0.3 is 0 Å². The Morgan fingerprint density at radius 2 is 1.71 bits per heavy atom. The predicted octanol–water partition coefficient (Wildman–Crippen LogP) is 4.49. The molecule has 166 valence electrons. The average molecular weight is 423 g/mol. The zero-order chi connectivity index (χ0) is 22.1. The number of ether oxygens (including phenoxy) is 1. The number of hydrogen-bond acceptors (Lipinski definition) is 3. The van der Waals surface area contributed by atoms with Crippen LogP contribution in [0.1, 0.15) is 56.6 Å². The number of benzene rings is 2. The van der Waals surface area contributed by atoms with Crippen LogP contribution in [0, 0.1) is 0 Å². The first kappa shape index (κ1) is 22.9. The van der Waals surface area contributed by atoms with E-state index in [4.69, 9.17) is 4.74 Å². The molecule has 31 heavy (non-hydrogen) atoms. The molecule has 1 atom stereocenters. The van der Waals surface area contributed by atoms with E-state index in [0.29, 0.717) is 25.8 Å². The summed E-state index contributed by atoms with van der Waals surface area (Å²) in [4.78, 5) is 28.2. The maximum absolute atomic E-state index is 13.3. The predicted molar refractivity (Wildman–Crippen MR) is 123 cm³/mol. The summed E-state index contributed by atoms with van der Waals surface area (Å²) in [6.07, 6.45) is 6.02. The molecule has 0 heterocycles. The van der Waals surface area contributed by atoms with Crippen molar-refractivity contribution in [3.05, 3.63) is 65.7 Å². The van der Waals surface area contributed by atoms with Gasteiger partial charge in [-0.2, -0.15) is 0 Å². The highest BCUT2D eigenvalue weighted by molar-refractivity contribution is 5.88. The van der Waals surface area contributed by atoms with Crippen LogP contribution in [0.2, 0.25) is 0 Å². The molecule has 3 rings (SSSR count). The molecular weight excluding hydrogens is 388 g/mol. The molecule has 2 aromatic rings. The number of amides is 2. The topological polar surface area (TPSA) is 58.6 Å². The Labute approximate surface area is 185 Å². The van der Waals surface area contributed by atoms with E-state index >= 15 is 0 Å².